The molecule has 2 heterocycles. The molecule has 0 saturated heterocycles. The summed E-state index contributed by atoms with van der Waals surface area (Å²) < 4.78 is 1.78. The lowest BCUT2D eigenvalue weighted by molar-refractivity contribution is 0.0634. The number of aromatic nitrogens is 3. The number of nitrogens with zero attached hydrogens (tertiary/aromatic N) is 4. The monoisotopic (exact) mass is 340 g/mol. The molecule has 0 spiro atoms. The average molecular weight is 340 g/mol. The molecule has 7 nitrogen and oxygen atoms in total. The lowest BCUT2D eigenvalue weighted by atomic mass is 10.1. The summed E-state index contributed by atoms with van der Waals surface area (Å²) in [6.45, 7) is 2.41. The number of phenols is 1. The topological polar surface area (TPSA) is 91.5 Å². The number of aliphatic hydroxyl groups is 1. The van der Waals surface area contributed by atoms with Crippen molar-refractivity contribution in [2.75, 3.05) is 13.1 Å². The van der Waals surface area contributed by atoms with Gasteiger partial charge in [-0.3, -0.25) is 4.79 Å². The number of imidazole rings is 1. The molecule has 1 unspecified atom stereocenters. The molecule has 0 aliphatic carbocycles. The van der Waals surface area contributed by atoms with Crippen LogP contribution in [0.2, 0.25) is 0 Å². The first-order valence-electron chi connectivity index (χ1n) is 8.03. The maximum atomic E-state index is 12.8. The van der Waals surface area contributed by atoms with Crippen LogP contribution in [0, 0.1) is 0 Å². The van der Waals surface area contributed by atoms with E-state index in [9.17, 15) is 15.0 Å². The van der Waals surface area contributed by atoms with E-state index < -0.39 is 6.10 Å². The summed E-state index contributed by atoms with van der Waals surface area (Å²) in [5, 5.41) is 19.9. The predicted molar refractivity (Wildman–Crippen MR) is 93.2 cm³/mol. The molecule has 0 aliphatic heterocycles. The van der Waals surface area contributed by atoms with Crippen molar-refractivity contribution < 1.29 is 15.0 Å². The third-order valence-corrected chi connectivity index (χ3v) is 4.12. The zero-order valence-corrected chi connectivity index (χ0v) is 14.1. The van der Waals surface area contributed by atoms with Gasteiger partial charge in [-0.25, -0.2) is 9.97 Å². The fourth-order valence-electron chi connectivity index (χ4n) is 2.72. The average Bonchev–Trinajstić information content (AvgIpc) is 2.99. The highest BCUT2D eigenvalue weighted by molar-refractivity contribution is 5.96. The molecule has 3 aromatic rings. The second-order valence-corrected chi connectivity index (χ2v) is 5.88. The van der Waals surface area contributed by atoms with Crippen molar-refractivity contribution in [1.29, 1.82) is 0 Å². The zero-order valence-electron chi connectivity index (χ0n) is 14.1. The summed E-state index contributed by atoms with van der Waals surface area (Å²) >= 11 is 0. The highest BCUT2D eigenvalue weighted by Gasteiger charge is 2.20. The van der Waals surface area contributed by atoms with E-state index in [0.29, 0.717) is 28.8 Å². The van der Waals surface area contributed by atoms with Gasteiger partial charge in [-0.15, -0.1) is 0 Å². The van der Waals surface area contributed by atoms with Crippen molar-refractivity contribution in [2.45, 2.75) is 13.0 Å². The number of carbonyl (C=O) groups excluding carboxylic acids is 1. The van der Waals surface area contributed by atoms with Crippen molar-refractivity contribution in [3.05, 3.63) is 54.0 Å². The van der Waals surface area contributed by atoms with E-state index in [1.807, 2.05) is 14.0 Å². The molecule has 0 bridgehead atoms. The van der Waals surface area contributed by atoms with Gasteiger partial charge in [0, 0.05) is 19.8 Å². The molecule has 3 rings (SSSR count). The van der Waals surface area contributed by atoms with Gasteiger partial charge in [-0.05, 0) is 30.7 Å². The maximum Gasteiger partial charge on any atom is 0.255 e. The van der Waals surface area contributed by atoms with Crippen molar-refractivity contribution in [3.63, 3.8) is 0 Å². The minimum Gasteiger partial charge on any atom is -0.508 e. The summed E-state index contributed by atoms with van der Waals surface area (Å²) in [6, 6.07) is 8.10. The van der Waals surface area contributed by atoms with E-state index in [-0.39, 0.29) is 18.2 Å². The molecule has 0 aliphatic rings. The third-order valence-electron chi connectivity index (χ3n) is 4.12. The van der Waals surface area contributed by atoms with Gasteiger partial charge in [0.25, 0.3) is 5.91 Å². The Bertz CT molecular complexity index is 906. The van der Waals surface area contributed by atoms with Crippen molar-refractivity contribution >= 4 is 17.1 Å². The highest BCUT2D eigenvalue weighted by Crippen LogP contribution is 2.20. The van der Waals surface area contributed by atoms with Crippen LogP contribution in [-0.4, -0.2) is 48.6 Å². The first kappa shape index (κ1) is 16.9. The predicted octanol–water partition coefficient (Wildman–Crippen LogP) is 1.87. The summed E-state index contributed by atoms with van der Waals surface area (Å²) in [5.74, 6) is -0.141. The molecule has 1 amide bonds. The Hall–Kier alpha value is -2.93. The van der Waals surface area contributed by atoms with Gasteiger partial charge >= 0.3 is 0 Å². The van der Waals surface area contributed by atoms with Crippen molar-refractivity contribution in [2.24, 2.45) is 7.05 Å². The van der Waals surface area contributed by atoms with Gasteiger partial charge in [0.1, 0.15) is 11.3 Å². The van der Waals surface area contributed by atoms with Crippen LogP contribution in [0.1, 0.15) is 28.9 Å². The van der Waals surface area contributed by atoms with Gasteiger partial charge < -0.3 is 19.7 Å². The smallest absolute Gasteiger partial charge is 0.255 e. The van der Waals surface area contributed by atoms with Crippen LogP contribution in [-0.2, 0) is 7.05 Å². The van der Waals surface area contributed by atoms with E-state index in [1.54, 1.807) is 34.0 Å². The van der Waals surface area contributed by atoms with E-state index in [4.69, 9.17) is 0 Å². The Labute approximate surface area is 145 Å². The molecular formula is C18H20N4O3. The largest absolute Gasteiger partial charge is 0.508 e. The SMILES string of the molecule is CCN(CC(O)c1cccc(O)c1)C(=O)c1cnc2c(c1)ncn2C. The summed E-state index contributed by atoms with van der Waals surface area (Å²) in [6.07, 6.45) is 2.28. The Morgan fingerprint density at radius 1 is 1.32 bits per heavy atom. The number of hydrogen-bond donors (Lipinski definition) is 2. The summed E-state index contributed by atoms with van der Waals surface area (Å²) in [7, 11) is 1.84. The number of aromatic hydroxyl groups is 1. The molecule has 0 fully saturated rings. The van der Waals surface area contributed by atoms with E-state index in [2.05, 4.69) is 9.97 Å². The normalized spacial score (nSPS) is 12.3. The molecule has 2 N–H and O–H groups in total. The molecule has 1 aromatic carbocycles. The third kappa shape index (κ3) is 3.46. The van der Waals surface area contributed by atoms with Crippen molar-refractivity contribution in [1.82, 2.24) is 19.4 Å². The van der Waals surface area contributed by atoms with Gasteiger partial charge in [0.15, 0.2) is 5.65 Å². The van der Waals surface area contributed by atoms with Gasteiger partial charge in [0.2, 0.25) is 0 Å². The summed E-state index contributed by atoms with van der Waals surface area (Å²) in [4.78, 5) is 22.8. The molecule has 1 atom stereocenters. The number of pyridine rings is 1. The van der Waals surface area contributed by atoms with Crippen LogP contribution in [0.5, 0.6) is 5.75 Å². The fraction of sp³-hybridized carbons (Fsp3) is 0.278. The number of amides is 1. The quantitative estimate of drug-likeness (QED) is 0.740. The Morgan fingerprint density at radius 3 is 2.84 bits per heavy atom. The van der Waals surface area contributed by atoms with Crippen molar-refractivity contribution in [3.8, 4) is 5.75 Å². The van der Waals surface area contributed by atoms with Crippen LogP contribution in [0.4, 0.5) is 0 Å². The Kier molecular flexibility index (Phi) is 4.67. The zero-order chi connectivity index (χ0) is 18.0. The molecule has 0 saturated carbocycles. The second-order valence-electron chi connectivity index (χ2n) is 5.88. The Balaban J connectivity index is 1.80. The first-order valence-corrected chi connectivity index (χ1v) is 8.03. The number of aryl methyl sites for hydroxylation is 1. The molecular weight excluding hydrogens is 320 g/mol. The number of aliphatic hydroxyl groups excluding tert-OH is 1. The second kappa shape index (κ2) is 6.90. The minimum absolute atomic E-state index is 0.0794. The Morgan fingerprint density at radius 2 is 2.12 bits per heavy atom. The van der Waals surface area contributed by atoms with E-state index in [1.165, 1.54) is 18.3 Å². The minimum atomic E-state index is -0.887. The lowest BCUT2D eigenvalue weighted by Crippen LogP contribution is -2.34. The van der Waals surface area contributed by atoms with Crippen LogP contribution in [0.25, 0.3) is 11.2 Å². The standard InChI is InChI=1S/C18H20N4O3/c1-3-22(10-16(24)12-5-4-6-14(23)7-12)18(25)13-8-15-17(19-9-13)21(2)11-20-15/h4-9,11,16,23-24H,3,10H2,1-2H3. The van der Waals surface area contributed by atoms with Crippen LogP contribution >= 0.6 is 0 Å². The van der Waals surface area contributed by atoms with E-state index >= 15 is 0 Å². The van der Waals surface area contributed by atoms with E-state index in [0.717, 1.165) is 0 Å². The molecule has 7 heteroatoms. The van der Waals surface area contributed by atoms with Crippen LogP contribution in [0.3, 0.4) is 0 Å². The number of fused-ring (bicyclic) bond motifs is 1. The highest BCUT2D eigenvalue weighted by atomic mass is 16.3. The number of likely N-dealkylation sites (N-methyl/N-ethyl adjacent to an activating group) is 1. The molecule has 2 aromatic heterocycles. The molecule has 0 radical (unpaired) electrons. The number of rotatable bonds is 5. The number of hydrogen-bond acceptors (Lipinski definition) is 5. The number of benzene rings is 1. The maximum absolute atomic E-state index is 12.8. The number of carbonyl (C=O) groups is 1. The van der Waals surface area contributed by atoms with Crippen LogP contribution < -0.4 is 0 Å². The van der Waals surface area contributed by atoms with Gasteiger partial charge in [-0.2, -0.15) is 0 Å². The molecule has 25 heavy (non-hydrogen) atoms. The van der Waals surface area contributed by atoms with Gasteiger partial charge in [-0.1, -0.05) is 12.1 Å². The van der Waals surface area contributed by atoms with Gasteiger partial charge in [0.05, 0.1) is 24.5 Å². The molecule has 130 valence electrons. The lowest BCUT2D eigenvalue weighted by Gasteiger charge is -2.24. The fourth-order valence-corrected chi connectivity index (χ4v) is 2.72. The first-order chi connectivity index (χ1) is 12.0. The summed E-state index contributed by atoms with van der Waals surface area (Å²) in [5.41, 5.74) is 2.35. The van der Waals surface area contributed by atoms with Crippen LogP contribution in [0.15, 0.2) is 42.9 Å². The number of phenolic OH excluding ortho intramolecular Hbond substituents is 1.